The van der Waals surface area contributed by atoms with Crippen LogP contribution >= 0.6 is 0 Å². The molecule has 0 unspecified atom stereocenters. The fraction of sp³-hybridized carbons (Fsp3) is 0.458. The highest BCUT2D eigenvalue weighted by Gasteiger charge is 2.37. The van der Waals surface area contributed by atoms with Crippen molar-refractivity contribution in [3.05, 3.63) is 70.1 Å². The lowest BCUT2D eigenvalue weighted by atomic mass is 9.83. The van der Waals surface area contributed by atoms with Gasteiger partial charge >= 0.3 is 6.03 Å². The summed E-state index contributed by atoms with van der Waals surface area (Å²) in [5, 5.41) is 5.79. The van der Waals surface area contributed by atoms with Gasteiger partial charge in [-0.15, -0.1) is 0 Å². The molecule has 3 atom stereocenters. The Morgan fingerprint density at radius 2 is 1.91 bits per heavy atom. The van der Waals surface area contributed by atoms with E-state index in [9.17, 15) is 14.4 Å². The number of carbonyl (C=O) groups is 2. The molecule has 2 aliphatic rings. The molecule has 1 aromatic heterocycles. The van der Waals surface area contributed by atoms with Crippen molar-refractivity contribution in [1.82, 2.24) is 20.1 Å². The molecule has 3 amide bonds. The molecule has 1 fully saturated rings. The molecule has 2 aliphatic heterocycles. The van der Waals surface area contributed by atoms with E-state index in [0.29, 0.717) is 39.2 Å². The number of ether oxygens (including phenoxy) is 1. The molecule has 8 heteroatoms. The van der Waals surface area contributed by atoms with Gasteiger partial charge in [-0.1, -0.05) is 36.4 Å². The number of benzene rings is 1. The quantitative estimate of drug-likeness (QED) is 0.639. The van der Waals surface area contributed by atoms with Crippen LogP contribution in [0.5, 0.6) is 0 Å². The summed E-state index contributed by atoms with van der Waals surface area (Å²) in [6.07, 6.45) is 1.38. The Morgan fingerprint density at radius 3 is 2.69 bits per heavy atom. The number of piperidine rings is 1. The number of pyridine rings is 1. The van der Waals surface area contributed by atoms with Crippen molar-refractivity contribution in [1.29, 1.82) is 0 Å². The van der Waals surface area contributed by atoms with Crippen LogP contribution in [0.25, 0.3) is 0 Å². The zero-order valence-electron chi connectivity index (χ0n) is 18.3. The first-order valence-corrected chi connectivity index (χ1v) is 11.1. The molecule has 32 heavy (non-hydrogen) atoms. The number of fused-ring (bicyclic) bond motifs is 4. The highest BCUT2D eigenvalue weighted by Crippen LogP contribution is 2.34. The van der Waals surface area contributed by atoms with Crippen molar-refractivity contribution >= 4 is 11.9 Å². The number of hydrogen-bond donors (Lipinski definition) is 2. The summed E-state index contributed by atoms with van der Waals surface area (Å²) < 4.78 is 6.85. The third-order valence-electron chi connectivity index (χ3n) is 6.27. The summed E-state index contributed by atoms with van der Waals surface area (Å²) in [5.41, 5.74) is 1.98. The Hall–Kier alpha value is -3.13. The first-order valence-electron chi connectivity index (χ1n) is 11.1. The van der Waals surface area contributed by atoms with Crippen LogP contribution in [-0.2, 0) is 22.5 Å². The smallest absolute Gasteiger partial charge is 0.318 e. The van der Waals surface area contributed by atoms with Gasteiger partial charge in [0.2, 0.25) is 5.91 Å². The van der Waals surface area contributed by atoms with E-state index in [1.54, 1.807) is 24.1 Å². The van der Waals surface area contributed by atoms with E-state index in [2.05, 4.69) is 10.6 Å². The minimum absolute atomic E-state index is 0.0192. The highest BCUT2D eigenvalue weighted by molar-refractivity contribution is 5.87. The minimum Gasteiger partial charge on any atom is -0.383 e. The van der Waals surface area contributed by atoms with Gasteiger partial charge in [0.1, 0.15) is 6.04 Å². The van der Waals surface area contributed by atoms with Gasteiger partial charge in [0.05, 0.1) is 6.61 Å². The molecule has 2 aromatic rings. The number of carbonyl (C=O) groups excluding carboxylic acids is 2. The fourth-order valence-electron chi connectivity index (χ4n) is 4.76. The summed E-state index contributed by atoms with van der Waals surface area (Å²) in [4.78, 5) is 40.0. The van der Waals surface area contributed by atoms with Crippen molar-refractivity contribution < 1.29 is 14.3 Å². The van der Waals surface area contributed by atoms with E-state index in [0.717, 1.165) is 17.7 Å². The molecule has 2 bridgehead atoms. The van der Waals surface area contributed by atoms with Gasteiger partial charge in [-0.2, -0.15) is 0 Å². The van der Waals surface area contributed by atoms with Gasteiger partial charge in [-0.25, -0.2) is 4.79 Å². The van der Waals surface area contributed by atoms with E-state index < -0.39 is 6.04 Å². The molecular weight excluding hydrogens is 408 g/mol. The third-order valence-corrected chi connectivity index (χ3v) is 6.27. The summed E-state index contributed by atoms with van der Waals surface area (Å²) in [7, 11) is 1.58. The molecule has 0 radical (unpaired) electrons. The Balaban J connectivity index is 1.45. The number of urea groups is 1. The largest absolute Gasteiger partial charge is 0.383 e. The van der Waals surface area contributed by atoms with Crippen LogP contribution < -0.4 is 16.2 Å². The Bertz CT molecular complexity index is 1010. The van der Waals surface area contributed by atoms with Gasteiger partial charge in [-0.3, -0.25) is 9.59 Å². The van der Waals surface area contributed by atoms with Crippen molar-refractivity contribution in [2.75, 3.05) is 33.4 Å². The summed E-state index contributed by atoms with van der Waals surface area (Å²) in [6, 6.07) is 14.1. The first kappa shape index (κ1) is 22.1. The second-order valence-electron chi connectivity index (χ2n) is 8.58. The van der Waals surface area contributed by atoms with Gasteiger partial charge in [-0.05, 0) is 24.0 Å². The predicted molar refractivity (Wildman–Crippen MR) is 120 cm³/mol. The molecule has 0 saturated carbocycles. The average molecular weight is 439 g/mol. The molecule has 4 rings (SSSR count). The van der Waals surface area contributed by atoms with Crippen LogP contribution in [0.3, 0.4) is 0 Å². The zero-order valence-corrected chi connectivity index (χ0v) is 18.3. The average Bonchev–Trinajstić information content (AvgIpc) is 2.80. The molecule has 3 heterocycles. The van der Waals surface area contributed by atoms with Crippen LogP contribution in [0, 0.1) is 5.92 Å². The van der Waals surface area contributed by atoms with Gasteiger partial charge in [0.15, 0.2) is 0 Å². The number of rotatable bonds is 7. The van der Waals surface area contributed by atoms with E-state index >= 15 is 0 Å². The van der Waals surface area contributed by atoms with Crippen LogP contribution in [0.2, 0.25) is 0 Å². The third kappa shape index (κ3) is 5.02. The number of hydrogen-bond acceptors (Lipinski definition) is 4. The molecule has 0 aliphatic carbocycles. The van der Waals surface area contributed by atoms with E-state index in [1.807, 2.05) is 41.0 Å². The van der Waals surface area contributed by atoms with Gasteiger partial charge < -0.3 is 24.8 Å². The summed E-state index contributed by atoms with van der Waals surface area (Å²) in [5.74, 6) is 0.133. The lowest BCUT2D eigenvalue weighted by Gasteiger charge is -2.43. The number of nitrogens with zero attached hydrogens (tertiary/aromatic N) is 2. The SMILES string of the molecule is COCCNC(=O)[C@H](Cc1ccccc1)NC(=O)N1C[C@H]2C[C@@H](C1)c1cccc(=O)n1C2. The van der Waals surface area contributed by atoms with Crippen LogP contribution in [0.15, 0.2) is 53.3 Å². The summed E-state index contributed by atoms with van der Waals surface area (Å²) >= 11 is 0. The van der Waals surface area contributed by atoms with Crippen LogP contribution in [0.4, 0.5) is 4.79 Å². The molecule has 1 aromatic carbocycles. The Kier molecular flexibility index (Phi) is 6.90. The van der Waals surface area contributed by atoms with Crippen molar-refractivity contribution in [2.45, 2.75) is 31.3 Å². The fourth-order valence-corrected chi connectivity index (χ4v) is 4.76. The lowest BCUT2D eigenvalue weighted by Crippen LogP contribution is -2.56. The standard InChI is InChI=1S/C24H30N4O4/c1-32-11-10-25-23(30)20(13-17-6-3-2-4-7-17)26-24(31)27-14-18-12-19(16-27)21-8-5-9-22(29)28(21)15-18/h2-9,18-20H,10-16H2,1H3,(H,25,30)(H,26,31)/t18-,19+,20+/m1/s1. The Labute approximate surface area is 187 Å². The number of aromatic nitrogens is 1. The number of methoxy groups -OCH3 is 1. The lowest BCUT2D eigenvalue weighted by molar-refractivity contribution is -0.123. The van der Waals surface area contributed by atoms with E-state index in [1.165, 1.54) is 0 Å². The van der Waals surface area contributed by atoms with Crippen molar-refractivity contribution in [3.8, 4) is 0 Å². The second-order valence-corrected chi connectivity index (χ2v) is 8.58. The maximum Gasteiger partial charge on any atom is 0.318 e. The second kappa shape index (κ2) is 9.99. The predicted octanol–water partition coefficient (Wildman–Crippen LogP) is 1.35. The molecule has 0 spiro atoms. The zero-order chi connectivity index (χ0) is 22.5. The Morgan fingerprint density at radius 1 is 1.09 bits per heavy atom. The number of nitrogens with one attached hydrogen (secondary N) is 2. The van der Waals surface area contributed by atoms with Crippen molar-refractivity contribution in [2.24, 2.45) is 5.92 Å². The monoisotopic (exact) mass is 438 g/mol. The van der Waals surface area contributed by atoms with Gasteiger partial charge in [0.25, 0.3) is 5.56 Å². The number of amides is 3. The van der Waals surface area contributed by atoms with Gasteiger partial charge in [0, 0.05) is 57.4 Å². The van der Waals surface area contributed by atoms with Crippen molar-refractivity contribution in [3.63, 3.8) is 0 Å². The molecular formula is C24H30N4O4. The first-order chi connectivity index (χ1) is 15.5. The topological polar surface area (TPSA) is 92.7 Å². The molecule has 2 N–H and O–H groups in total. The van der Waals surface area contributed by atoms with Crippen LogP contribution in [0.1, 0.15) is 23.6 Å². The molecule has 170 valence electrons. The molecule has 1 saturated heterocycles. The number of likely N-dealkylation sites (tertiary alicyclic amines) is 1. The summed E-state index contributed by atoms with van der Waals surface area (Å²) in [6.45, 7) is 2.53. The van der Waals surface area contributed by atoms with E-state index in [-0.39, 0.29) is 29.3 Å². The minimum atomic E-state index is -0.682. The highest BCUT2D eigenvalue weighted by atomic mass is 16.5. The maximum atomic E-state index is 13.2. The van der Waals surface area contributed by atoms with Crippen LogP contribution in [-0.4, -0.2) is 60.8 Å². The normalized spacial score (nSPS) is 20.2. The van der Waals surface area contributed by atoms with E-state index in [4.69, 9.17) is 4.74 Å². The maximum absolute atomic E-state index is 13.2. The molecule has 8 nitrogen and oxygen atoms in total.